The van der Waals surface area contributed by atoms with Crippen molar-refractivity contribution in [1.82, 2.24) is 4.90 Å². The lowest BCUT2D eigenvalue weighted by Crippen LogP contribution is -2.36. The second-order valence-corrected chi connectivity index (χ2v) is 5.14. The van der Waals surface area contributed by atoms with E-state index in [-0.39, 0.29) is 11.7 Å². The van der Waals surface area contributed by atoms with Crippen molar-refractivity contribution in [1.29, 1.82) is 0 Å². The highest BCUT2D eigenvalue weighted by atomic mass is 16.6. The Morgan fingerprint density at radius 3 is 1.74 bits per heavy atom. The van der Waals surface area contributed by atoms with Crippen molar-refractivity contribution >= 4 is 6.09 Å². The largest absolute Gasteiger partial charge is 0.444 e. The summed E-state index contributed by atoms with van der Waals surface area (Å²) in [5, 5.41) is 7.00. The van der Waals surface area contributed by atoms with E-state index in [2.05, 4.69) is 0 Å². The van der Waals surface area contributed by atoms with Gasteiger partial charge in [-0.1, -0.05) is 27.7 Å². The van der Waals surface area contributed by atoms with Crippen LogP contribution in [0.1, 0.15) is 54.9 Å². The topological polar surface area (TPSA) is 49.8 Å². The molecule has 0 aromatic carbocycles. The summed E-state index contributed by atoms with van der Waals surface area (Å²) in [6.45, 7) is 15.5. The molecule has 0 radical (unpaired) electrons. The lowest BCUT2D eigenvalue weighted by atomic mass is 10.2. The van der Waals surface area contributed by atoms with Crippen LogP contribution in [0.15, 0.2) is 0 Å². The predicted molar refractivity (Wildman–Crippen MR) is 80.2 cm³/mol. The van der Waals surface area contributed by atoms with Gasteiger partial charge in [0.2, 0.25) is 0 Å². The van der Waals surface area contributed by atoms with Gasteiger partial charge in [-0.15, -0.1) is 0 Å². The van der Waals surface area contributed by atoms with Gasteiger partial charge in [0, 0.05) is 20.2 Å². The van der Waals surface area contributed by atoms with Crippen molar-refractivity contribution in [2.45, 2.75) is 60.5 Å². The number of rotatable bonds is 0. The van der Waals surface area contributed by atoms with Crippen LogP contribution in [0.25, 0.3) is 0 Å². The number of ether oxygens (including phenoxy) is 1. The molecule has 2 atom stereocenters. The molecule has 1 saturated carbocycles. The van der Waals surface area contributed by atoms with Crippen molar-refractivity contribution < 1.29 is 14.6 Å². The van der Waals surface area contributed by atoms with Gasteiger partial charge < -0.3 is 14.7 Å². The highest BCUT2D eigenvalue weighted by Gasteiger charge is 2.47. The molecule has 1 heterocycles. The number of aliphatic hydroxyl groups excluding tert-OH is 1. The molecule has 1 amide bonds. The first kappa shape index (κ1) is 20.5. The van der Waals surface area contributed by atoms with E-state index in [1.807, 2.05) is 53.4 Å². The van der Waals surface area contributed by atoms with Crippen LogP contribution in [-0.2, 0) is 4.74 Å². The van der Waals surface area contributed by atoms with E-state index in [0.717, 1.165) is 32.0 Å². The molecule has 0 aromatic heterocycles. The number of aliphatic hydroxyl groups is 1. The van der Waals surface area contributed by atoms with Gasteiger partial charge in [0.1, 0.15) is 5.60 Å². The third-order valence-electron chi connectivity index (χ3n) is 2.63. The maximum Gasteiger partial charge on any atom is 0.410 e. The molecule has 1 aliphatic carbocycles. The molecule has 2 fully saturated rings. The summed E-state index contributed by atoms with van der Waals surface area (Å²) in [6.07, 6.45) is 1.18. The minimum absolute atomic E-state index is 0.139. The standard InChI is InChI=1S/C10H17NO2.2C2H6.CH4O/c1-10(2,3)13-9(12)11-5-7-4-8(7)6-11;3*1-2/h7-8H,4-6H2,1-3H3;2*1-2H3;2H,1H3. The van der Waals surface area contributed by atoms with Gasteiger partial charge in [0.15, 0.2) is 0 Å². The van der Waals surface area contributed by atoms with Crippen molar-refractivity contribution in [2.75, 3.05) is 20.2 Å². The van der Waals surface area contributed by atoms with E-state index in [0.29, 0.717) is 0 Å². The number of carbonyl (C=O) groups is 1. The maximum absolute atomic E-state index is 11.5. The van der Waals surface area contributed by atoms with Crippen LogP contribution >= 0.6 is 0 Å². The Bertz CT molecular complexity index is 226. The molecule has 0 aromatic rings. The quantitative estimate of drug-likeness (QED) is 0.735. The van der Waals surface area contributed by atoms with Gasteiger partial charge in [-0.3, -0.25) is 0 Å². The minimum atomic E-state index is -0.357. The SMILES string of the molecule is CC.CC.CC(C)(C)OC(=O)N1CC2CC2C1.CO. The first-order valence-electron chi connectivity index (χ1n) is 7.38. The summed E-state index contributed by atoms with van der Waals surface area (Å²) >= 11 is 0. The van der Waals surface area contributed by atoms with E-state index in [9.17, 15) is 4.79 Å². The third-order valence-corrected chi connectivity index (χ3v) is 2.63. The number of nitrogens with zero attached hydrogens (tertiary/aromatic N) is 1. The molecular weight excluding hydrogens is 242 g/mol. The zero-order valence-electron chi connectivity index (χ0n) is 14.0. The number of hydrogen-bond acceptors (Lipinski definition) is 3. The number of amides is 1. The summed E-state index contributed by atoms with van der Waals surface area (Å²) < 4.78 is 5.28. The van der Waals surface area contributed by atoms with Crippen LogP contribution in [0.3, 0.4) is 0 Å². The monoisotopic (exact) mass is 275 g/mol. The summed E-state index contributed by atoms with van der Waals surface area (Å²) in [6, 6.07) is 0. The molecule has 2 aliphatic rings. The molecule has 4 heteroatoms. The molecule has 0 spiro atoms. The van der Waals surface area contributed by atoms with E-state index < -0.39 is 0 Å². The fourth-order valence-electron chi connectivity index (χ4n) is 1.87. The van der Waals surface area contributed by atoms with Crippen LogP contribution in [0.4, 0.5) is 4.79 Å². The van der Waals surface area contributed by atoms with Crippen molar-refractivity contribution in [3.8, 4) is 0 Å². The van der Waals surface area contributed by atoms with Gasteiger partial charge in [-0.25, -0.2) is 4.79 Å². The van der Waals surface area contributed by atoms with Crippen LogP contribution in [0.5, 0.6) is 0 Å². The summed E-state index contributed by atoms with van der Waals surface area (Å²) in [5.41, 5.74) is -0.357. The molecule has 19 heavy (non-hydrogen) atoms. The second-order valence-electron chi connectivity index (χ2n) is 5.14. The smallest absolute Gasteiger partial charge is 0.410 e. The van der Waals surface area contributed by atoms with E-state index in [1.54, 1.807) is 0 Å². The molecule has 0 bridgehead atoms. The maximum atomic E-state index is 11.5. The highest BCUT2D eigenvalue weighted by molar-refractivity contribution is 5.68. The van der Waals surface area contributed by atoms with Crippen molar-refractivity contribution in [3.63, 3.8) is 0 Å². The average Bonchev–Trinajstić information content (AvgIpc) is 3.01. The van der Waals surface area contributed by atoms with E-state index in [4.69, 9.17) is 9.84 Å². The Morgan fingerprint density at radius 2 is 1.42 bits per heavy atom. The zero-order valence-corrected chi connectivity index (χ0v) is 14.0. The summed E-state index contributed by atoms with van der Waals surface area (Å²) in [5.74, 6) is 1.57. The lowest BCUT2D eigenvalue weighted by Gasteiger charge is -2.25. The Morgan fingerprint density at radius 1 is 1.05 bits per heavy atom. The minimum Gasteiger partial charge on any atom is -0.444 e. The number of fused-ring (bicyclic) bond motifs is 1. The highest BCUT2D eigenvalue weighted by Crippen LogP contribution is 2.45. The number of likely N-dealkylation sites (tertiary alicyclic amines) is 1. The number of carbonyl (C=O) groups excluding carboxylic acids is 1. The first-order chi connectivity index (χ1) is 8.96. The number of hydrogen-bond donors (Lipinski definition) is 1. The fourth-order valence-corrected chi connectivity index (χ4v) is 1.87. The molecule has 116 valence electrons. The Balaban J connectivity index is 0. The molecule has 1 saturated heterocycles. The van der Waals surface area contributed by atoms with Crippen LogP contribution in [0.2, 0.25) is 0 Å². The Labute approximate surface area is 119 Å². The van der Waals surface area contributed by atoms with Gasteiger partial charge in [0.05, 0.1) is 0 Å². The molecule has 1 N–H and O–H groups in total. The molecule has 2 unspecified atom stereocenters. The van der Waals surface area contributed by atoms with Crippen molar-refractivity contribution in [3.05, 3.63) is 0 Å². The molecular formula is C15H33NO3. The van der Waals surface area contributed by atoms with Crippen LogP contribution in [-0.4, -0.2) is 41.9 Å². The molecule has 4 nitrogen and oxygen atoms in total. The normalized spacial score (nSPS) is 22.5. The predicted octanol–water partition coefficient (Wildman–Crippen LogP) is 3.53. The van der Waals surface area contributed by atoms with Crippen LogP contribution in [0, 0.1) is 11.8 Å². The lowest BCUT2D eigenvalue weighted by molar-refractivity contribution is 0.0274. The van der Waals surface area contributed by atoms with Crippen molar-refractivity contribution in [2.24, 2.45) is 11.8 Å². The van der Waals surface area contributed by atoms with Gasteiger partial charge in [-0.2, -0.15) is 0 Å². The van der Waals surface area contributed by atoms with Gasteiger partial charge in [-0.05, 0) is 39.0 Å². The van der Waals surface area contributed by atoms with Crippen LogP contribution < -0.4 is 0 Å². The molecule has 2 rings (SSSR count). The zero-order chi connectivity index (χ0) is 15.6. The Hall–Kier alpha value is -0.770. The Kier molecular flexibility index (Phi) is 10.9. The average molecular weight is 275 g/mol. The van der Waals surface area contributed by atoms with E-state index >= 15 is 0 Å². The fraction of sp³-hybridized carbons (Fsp3) is 0.933. The summed E-state index contributed by atoms with van der Waals surface area (Å²) in [7, 11) is 1.00. The summed E-state index contributed by atoms with van der Waals surface area (Å²) in [4.78, 5) is 13.4. The van der Waals surface area contributed by atoms with E-state index in [1.165, 1.54) is 6.42 Å². The van der Waals surface area contributed by atoms with Gasteiger partial charge in [0.25, 0.3) is 0 Å². The van der Waals surface area contributed by atoms with Gasteiger partial charge >= 0.3 is 6.09 Å². The molecule has 1 aliphatic heterocycles. The number of piperidine rings is 1. The first-order valence-corrected chi connectivity index (χ1v) is 7.38. The second kappa shape index (κ2) is 10.1. The third kappa shape index (κ3) is 8.09.